The minimum Gasteiger partial charge on any atom is -0.445 e. The van der Waals surface area contributed by atoms with Crippen LogP contribution >= 0.6 is 0 Å². The number of benzene rings is 2. The smallest absolute Gasteiger partial charge is 0.407 e. The van der Waals surface area contributed by atoms with Crippen molar-refractivity contribution in [3.05, 3.63) is 70.8 Å². The minimum absolute atomic E-state index is 0.0552. The molecule has 2 heterocycles. The average molecular weight is 447 g/mol. The Hall–Kier alpha value is -3.68. The van der Waals surface area contributed by atoms with Crippen LogP contribution < -0.4 is 10.6 Å². The van der Waals surface area contributed by atoms with Crippen LogP contribution in [0.2, 0.25) is 0 Å². The number of nitrogens with zero attached hydrogens (tertiary/aromatic N) is 1. The zero-order valence-corrected chi connectivity index (χ0v) is 18.1. The number of hydrogen-bond acceptors (Lipinski definition) is 5. The van der Waals surface area contributed by atoms with Gasteiger partial charge in [-0.3, -0.25) is 19.7 Å². The SMILES string of the molecule is O=C1CCC(N2Cc3ccc(COC(=O)N[C@H]4C[C@H](c5ccccc5)C4)cc3C2=O)C(=O)N1. The summed E-state index contributed by atoms with van der Waals surface area (Å²) in [5.74, 6) is -0.521. The van der Waals surface area contributed by atoms with Crippen molar-refractivity contribution >= 4 is 23.8 Å². The third kappa shape index (κ3) is 4.33. The van der Waals surface area contributed by atoms with E-state index in [2.05, 4.69) is 22.8 Å². The number of alkyl carbamates (subject to hydrolysis) is 1. The monoisotopic (exact) mass is 447 g/mol. The first-order valence-corrected chi connectivity index (χ1v) is 11.2. The van der Waals surface area contributed by atoms with Crippen molar-refractivity contribution in [3.8, 4) is 0 Å². The van der Waals surface area contributed by atoms with Crippen LogP contribution in [-0.2, 0) is 27.5 Å². The summed E-state index contributed by atoms with van der Waals surface area (Å²) in [6.45, 7) is 0.381. The molecule has 3 aliphatic rings. The first kappa shape index (κ1) is 21.2. The molecular weight excluding hydrogens is 422 g/mol. The van der Waals surface area contributed by atoms with Gasteiger partial charge in [0, 0.05) is 24.6 Å². The van der Waals surface area contributed by atoms with Crippen molar-refractivity contribution in [1.29, 1.82) is 0 Å². The molecule has 4 amide bonds. The van der Waals surface area contributed by atoms with E-state index in [1.165, 1.54) is 10.5 Å². The van der Waals surface area contributed by atoms with Crippen molar-refractivity contribution in [3.63, 3.8) is 0 Å². The van der Waals surface area contributed by atoms with Crippen molar-refractivity contribution in [1.82, 2.24) is 15.5 Å². The summed E-state index contributed by atoms with van der Waals surface area (Å²) >= 11 is 0. The van der Waals surface area contributed by atoms with Gasteiger partial charge in [-0.25, -0.2) is 4.79 Å². The van der Waals surface area contributed by atoms with Gasteiger partial charge in [0.05, 0.1) is 0 Å². The molecule has 2 fully saturated rings. The van der Waals surface area contributed by atoms with Gasteiger partial charge in [-0.05, 0) is 47.9 Å². The van der Waals surface area contributed by atoms with Crippen LogP contribution in [0.1, 0.15) is 58.6 Å². The molecule has 2 aliphatic heterocycles. The van der Waals surface area contributed by atoms with Crippen LogP contribution in [0.5, 0.6) is 0 Å². The molecule has 1 aliphatic carbocycles. The number of carbonyl (C=O) groups excluding carboxylic acids is 4. The van der Waals surface area contributed by atoms with Gasteiger partial charge in [0.25, 0.3) is 5.91 Å². The summed E-state index contributed by atoms with van der Waals surface area (Å²) in [4.78, 5) is 50.2. The van der Waals surface area contributed by atoms with Gasteiger partial charge in [-0.15, -0.1) is 0 Å². The van der Waals surface area contributed by atoms with E-state index >= 15 is 0 Å². The zero-order chi connectivity index (χ0) is 22.9. The van der Waals surface area contributed by atoms with Crippen LogP contribution in [0, 0.1) is 0 Å². The number of nitrogens with one attached hydrogen (secondary N) is 2. The number of carbonyl (C=O) groups is 4. The molecule has 0 aromatic heterocycles. The fraction of sp³-hybridized carbons (Fsp3) is 0.360. The molecule has 2 aromatic rings. The highest BCUT2D eigenvalue weighted by molar-refractivity contribution is 6.05. The molecule has 1 unspecified atom stereocenters. The second-order valence-electron chi connectivity index (χ2n) is 8.89. The highest BCUT2D eigenvalue weighted by Gasteiger charge is 2.39. The van der Waals surface area contributed by atoms with Gasteiger partial charge in [-0.1, -0.05) is 42.5 Å². The first-order chi connectivity index (χ1) is 16.0. The maximum atomic E-state index is 12.9. The summed E-state index contributed by atoms with van der Waals surface area (Å²) < 4.78 is 5.37. The summed E-state index contributed by atoms with van der Waals surface area (Å²) in [6, 6.07) is 15.1. The molecule has 0 radical (unpaired) electrons. The lowest BCUT2D eigenvalue weighted by atomic mass is 9.76. The standard InChI is InChI=1S/C25H25N3O5/c29-22-9-8-21(23(30)27-22)28-13-17-7-6-15(10-20(17)24(28)31)14-33-25(32)26-19-11-18(12-19)16-4-2-1-3-5-16/h1-7,10,18-19,21H,8-9,11-14H2,(H,26,32)(H,27,29,30)/t18-,19-,21?. The number of amides is 4. The van der Waals surface area contributed by atoms with Crippen LogP contribution in [0.4, 0.5) is 4.79 Å². The van der Waals surface area contributed by atoms with E-state index in [-0.39, 0.29) is 30.9 Å². The van der Waals surface area contributed by atoms with Gasteiger partial charge >= 0.3 is 6.09 Å². The normalized spacial score (nSPS) is 24.1. The molecule has 170 valence electrons. The third-order valence-electron chi connectivity index (χ3n) is 6.69. The molecule has 0 bridgehead atoms. The Kier molecular flexibility index (Phi) is 5.58. The number of hydrogen-bond donors (Lipinski definition) is 2. The molecule has 8 heteroatoms. The van der Waals surface area contributed by atoms with Crippen molar-refractivity contribution in [2.45, 2.75) is 56.8 Å². The summed E-state index contributed by atoms with van der Waals surface area (Å²) in [5.41, 5.74) is 3.32. The molecule has 1 saturated carbocycles. The molecule has 33 heavy (non-hydrogen) atoms. The predicted octanol–water partition coefficient (Wildman–Crippen LogP) is 2.62. The number of ether oxygens (including phenoxy) is 1. The van der Waals surface area contributed by atoms with Gasteiger partial charge in [0.1, 0.15) is 12.6 Å². The predicted molar refractivity (Wildman–Crippen MR) is 118 cm³/mol. The summed E-state index contributed by atoms with van der Waals surface area (Å²) in [5, 5.41) is 5.20. The summed E-state index contributed by atoms with van der Waals surface area (Å²) in [7, 11) is 0. The minimum atomic E-state index is -0.643. The Morgan fingerprint density at radius 1 is 1.09 bits per heavy atom. The van der Waals surface area contributed by atoms with Gasteiger partial charge < -0.3 is 15.0 Å². The Balaban J connectivity index is 1.13. The van der Waals surface area contributed by atoms with E-state index in [1.54, 1.807) is 6.07 Å². The molecule has 0 spiro atoms. The van der Waals surface area contributed by atoms with Crippen molar-refractivity contribution < 1.29 is 23.9 Å². The molecular formula is C25H25N3O5. The topological polar surface area (TPSA) is 105 Å². The van der Waals surface area contributed by atoms with E-state index in [4.69, 9.17) is 4.74 Å². The number of imide groups is 1. The fourth-order valence-electron chi connectivity index (χ4n) is 4.78. The lowest BCUT2D eigenvalue weighted by Crippen LogP contribution is -2.52. The lowest BCUT2D eigenvalue weighted by molar-refractivity contribution is -0.136. The van der Waals surface area contributed by atoms with Gasteiger partial charge in [0.2, 0.25) is 11.8 Å². The second-order valence-corrected chi connectivity index (χ2v) is 8.89. The second kappa shape index (κ2) is 8.69. The Morgan fingerprint density at radius 2 is 1.88 bits per heavy atom. The van der Waals surface area contributed by atoms with Crippen molar-refractivity contribution in [2.24, 2.45) is 0 Å². The average Bonchev–Trinajstić information content (AvgIpc) is 3.11. The van der Waals surface area contributed by atoms with E-state index in [1.807, 2.05) is 30.3 Å². The maximum absolute atomic E-state index is 12.9. The molecule has 5 rings (SSSR count). The molecule has 1 atom stereocenters. The van der Waals surface area contributed by atoms with E-state index in [9.17, 15) is 19.2 Å². The lowest BCUT2D eigenvalue weighted by Gasteiger charge is -2.35. The van der Waals surface area contributed by atoms with Crippen molar-refractivity contribution in [2.75, 3.05) is 0 Å². The van der Waals surface area contributed by atoms with Crippen LogP contribution in [0.25, 0.3) is 0 Å². The van der Waals surface area contributed by atoms with Gasteiger partial charge in [-0.2, -0.15) is 0 Å². The van der Waals surface area contributed by atoms with Crippen LogP contribution in [0.15, 0.2) is 48.5 Å². The number of fused-ring (bicyclic) bond motifs is 1. The third-order valence-corrected chi connectivity index (χ3v) is 6.69. The zero-order valence-electron chi connectivity index (χ0n) is 18.1. The maximum Gasteiger partial charge on any atom is 0.407 e. The molecule has 8 nitrogen and oxygen atoms in total. The molecule has 2 N–H and O–H groups in total. The molecule has 2 aromatic carbocycles. The van der Waals surface area contributed by atoms with E-state index in [0.717, 1.165) is 18.4 Å². The van der Waals surface area contributed by atoms with Crippen LogP contribution in [0.3, 0.4) is 0 Å². The fourth-order valence-corrected chi connectivity index (χ4v) is 4.78. The summed E-state index contributed by atoms with van der Waals surface area (Å²) in [6.07, 6.45) is 1.86. The number of piperidine rings is 1. The van der Waals surface area contributed by atoms with Crippen LogP contribution in [-0.4, -0.2) is 40.8 Å². The highest BCUT2D eigenvalue weighted by atomic mass is 16.5. The Bertz CT molecular complexity index is 1110. The van der Waals surface area contributed by atoms with E-state index < -0.39 is 18.0 Å². The highest BCUT2D eigenvalue weighted by Crippen LogP contribution is 2.36. The number of rotatable bonds is 5. The Morgan fingerprint density at radius 3 is 2.64 bits per heavy atom. The van der Waals surface area contributed by atoms with E-state index in [0.29, 0.717) is 30.0 Å². The quantitative estimate of drug-likeness (QED) is 0.686. The largest absolute Gasteiger partial charge is 0.445 e. The molecule has 1 saturated heterocycles. The van der Waals surface area contributed by atoms with Gasteiger partial charge in [0.15, 0.2) is 0 Å². The first-order valence-electron chi connectivity index (χ1n) is 11.2. The Labute approximate surface area is 191 Å².